The Hall–Kier alpha value is -1.01. The van der Waals surface area contributed by atoms with E-state index in [-0.39, 0.29) is 12.0 Å². The summed E-state index contributed by atoms with van der Waals surface area (Å²) < 4.78 is 3.62. The van der Waals surface area contributed by atoms with Crippen molar-refractivity contribution in [2.75, 3.05) is 13.1 Å². The highest BCUT2D eigenvalue weighted by atomic mass is 32.1. The molecule has 0 radical (unpaired) electrons. The highest BCUT2D eigenvalue weighted by Gasteiger charge is 2.26. The van der Waals surface area contributed by atoms with Crippen molar-refractivity contribution in [2.45, 2.75) is 12.5 Å². The van der Waals surface area contributed by atoms with Crippen LogP contribution in [0.4, 0.5) is 0 Å². The van der Waals surface area contributed by atoms with E-state index >= 15 is 0 Å². The summed E-state index contributed by atoms with van der Waals surface area (Å²) in [7, 11) is 0. The number of amides is 1. The van der Waals surface area contributed by atoms with Crippen LogP contribution in [0.25, 0.3) is 0 Å². The third kappa shape index (κ3) is 1.68. The number of likely N-dealkylation sites (tertiary alicyclic amines) is 1. The highest BCUT2D eigenvalue weighted by Crippen LogP contribution is 2.12. The minimum absolute atomic E-state index is 0.134. The Balaban J connectivity index is 2.06. The third-order valence-corrected chi connectivity index (χ3v) is 2.53. The van der Waals surface area contributed by atoms with Crippen molar-refractivity contribution in [3.63, 3.8) is 0 Å². The molecule has 6 heteroatoms. The van der Waals surface area contributed by atoms with Crippen LogP contribution in [0, 0.1) is 0 Å². The Labute approximate surface area is 79.2 Å². The van der Waals surface area contributed by atoms with Gasteiger partial charge in [-0.25, -0.2) is 0 Å². The minimum atomic E-state index is -0.379. The molecule has 5 nitrogen and oxygen atoms in total. The van der Waals surface area contributed by atoms with Crippen LogP contribution in [-0.4, -0.2) is 44.7 Å². The summed E-state index contributed by atoms with van der Waals surface area (Å²) in [5.74, 6) is -0.134. The summed E-state index contributed by atoms with van der Waals surface area (Å²) in [6.45, 7) is 1.02. The van der Waals surface area contributed by atoms with E-state index in [1.54, 1.807) is 10.3 Å². The number of hydrogen-bond acceptors (Lipinski definition) is 5. The van der Waals surface area contributed by atoms with Crippen molar-refractivity contribution in [3.05, 3.63) is 11.1 Å². The van der Waals surface area contributed by atoms with Crippen LogP contribution in [0.3, 0.4) is 0 Å². The van der Waals surface area contributed by atoms with E-state index in [2.05, 4.69) is 9.59 Å². The quantitative estimate of drug-likeness (QED) is 0.677. The SMILES string of the molecule is O=C(c1csnn1)N1CC[C@@H](O)C1. The lowest BCUT2D eigenvalue weighted by atomic mass is 10.3. The van der Waals surface area contributed by atoms with E-state index < -0.39 is 0 Å². The van der Waals surface area contributed by atoms with Crippen molar-refractivity contribution in [1.29, 1.82) is 0 Å². The highest BCUT2D eigenvalue weighted by molar-refractivity contribution is 7.03. The average Bonchev–Trinajstić information content (AvgIpc) is 2.72. The molecule has 1 aromatic rings. The number of β-amino-alcohol motifs (C(OH)–C–C–N with tert-alkyl or cyclic N) is 1. The zero-order valence-corrected chi connectivity index (χ0v) is 7.70. The number of nitrogens with zero attached hydrogens (tertiary/aromatic N) is 3. The second kappa shape index (κ2) is 3.39. The van der Waals surface area contributed by atoms with Crippen LogP contribution in [0.2, 0.25) is 0 Å². The smallest absolute Gasteiger partial charge is 0.275 e. The van der Waals surface area contributed by atoms with E-state index in [1.807, 2.05) is 0 Å². The monoisotopic (exact) mass is 199 g/mol. The maximum atomic E-state index is 11.6. The molecule has 1 atom stereocenters. The molecule has 1 fully saturated rings. The molecule has 0 unspecified atom stereocenters. The zero-order chi connectivity index (χ0) is 9.26. The summed E-state index contributed by atoms with van der Waals surface area (Å²) in [6.07, 6.45) is 0.277. The summed E-state index contributed by atoms with van der Waals surface area (Å²) in [5, 5.41) is 14.5. The predicted octanol–water partition coefficient (Wildman–Crippen LogP) is -0.255. The Morgan fingerprint density at radius 3 is 3.15 bits per heavy atom. The van der Waals surface area contributed by atoms with Gasteiger partial charge in [0, 0.05) is 18.5 Å². The van der Waals surface area contributed by atoms with Crippen LogP contribution in [-0.2, 0) is 0 Å². The topological polar surface area (TPSA) is 66.3 Å². The van der Waals surface area contributed by atoms with Crippen molar-refractivity contribution in [2.24, 2.45) is 0 Å². The fourth-order valence-electron chi connectivity index (χ4n) is 1.35. The Kier molecular flexibility index (Phi) is 2.24. The van der Waals surface area contributed by atoms with Crippen molar-refractivity contribution in [1.82, 2.24) is 14.5 Å². The van der Waals surface area contributed by atoms with Gasteiger partial charge in [0.15, 0.2) is 5.69 Å². The summed E-state index contributed by atoms with van der Waals surface area (Å²) in [6, 6.07) is 0. The van der Waals surface area contributed by atoms with Gasteiger partial charge in [0.1, 0.15) is 0 Å². The van der Waals surface area contributed by atoms with Crippen LogP contribution in [0.1, 0.15) is 16.9 Å². The Morgan fingerprint density at radius 1 is 1.77 bits per heavy atom. The van der Waals surface area contributed by atoms with Crippen LogP contribution >= 0.6 is 11.5 Å². The Morgan fingerprint density at radius 2 is 2.62 bits per heavy atom. The molecule has 1 aliphatic heterocycles. The molecular formula is C7H9N3O2S. The lowest BCUT2D eigenvalue weighted by Crippen LogP contribution is -2.29. The van der Waals surface area contributed by atoms with E-state index in [0.717, 1.165) is 11.5 Å². The van der Waals surface area contributed by atoms with Gasteiger partial charge in [-0.1, -0.05) is 4.49 Å². The molecule has 2 heterocycles. The average molecular weight is 199 g/mol. The van der Waals surface area contributed by atoms with Gasteiger partial charge in [0.2, 0.25) is 0 Å². The van der Waals surface area contributed by atoms with Crippen LogP contribution < -0.4 is 0 Å². The first kappa shape index (κ1) is 8.58. The molecule has 0 aromatic carbocycles. The van der Waals surface area contributed by atoms with Gasteiger partial charge in [-0.05, 0) is 18.0 Å². The number of aliphatic hydroxyl groups excluding tert-OH is 1. The molecule has 1 N–H and O–H groups in total. The lowest BCUT2D eigenvalue weighted by Gasteiger charge is -2.12. The van der Waals surface area contributed by atoms with Crippen molar-refractivity contribution >= 4 is 17.4 Å². The van der Waals surface area contributed by atoms with Gasteiger partial charge in [0.05, 0.1) is 6.10 Å². The van der Waals surface area contributed by atoms with Crippen LogP contribution in [0.15, 0.2) is 5.38 Å². The predicted molar refractivity (Wildman–Crippen MR) is 46.4 cm³/mol. The molecule has 0 saturated carbocycles. The number of carbonyl (C=O) groups excluding carboxylic acids is 1. The van der Waals surface area contributed by atoms with Crippen molar-refractivity contribution in [3.8, 4) is 0 Å². The van der Waals surface area contributed by atoms with Gasteiger partial charge in [-0.3, -0.25) is 4.79 Å². The fourth-order valence-corrected chi connectivity index (χ4v) is 1.78. The summed E-state index contributed by atoms with van der Waals surface area (Å²) >= 11 is 1.16. The molecule has 1 amide bonds. The Bertz CT molecular complexity index is 301. The van der Waals surface area contributed by atoms with E-state index in [9.17, 15) is 9.90 Å². The molecule has 1 aromatic heterocycles. The zero-order valence-electron chi connectivity index (χ0n) is 6.88. The molecule has 1 aliphatic rings. The van der Waals surface area contributed by atoms with Gasteiger partial charge in [0.25, 0.3) is 5.91 Å². The number of aromatic nitrogens is 2. The molecule has 0 spiro atoms. The molecule has 0 bridgehead atoms. The molecule has 1 saturated heterocycles. The number of hydrogen-bond donors (Lipinski definition) is 1. The molecule has 13 heavy (non-hydrogen) atoms. The molecule has 70 valence electrons. The summed E-state index contributed by atoms with van der Waals surface area (Å²) in [4.78, 5) is 13.2. The number of carbonyl (C=O) groups is 1. The first-order chi connectivity index (χ1) is 6.27. The fraction of sp³-hybridized carbons (Fsp3) is 0.571. The second-order valence-corrected chi connectivity index (χ2v) is 3.59. The van der Waals surface area contributed by atoms with Gasteiger partial charge < -0.3 is 10.0 Å². The normalized spacial score (nSPS) is 22.2. The molecular weight excluding hydrogens is 190 g/mol. The second-order valence-electron chi connectivity index (χ2n) is 2.98. The largest absolute Gasteiger partial charge is 0.391 e. The first-order valence-electron chi connectivity index (χ1n) is 4.02. The third-order valence-electron chi connectivity index (χ3n) is 2.03. The van der Waals surface area contributed by atoms with Gasteiger partial charge in [-0.2, -0.15) is 0 Å². The van der Waals surface area contributed by atoms with E-state index in [4.69, 9.17) is 0 Å². The number of rotatable bonds is 1. The summed E-state index contributed by atoms with van der Waals surface area (Å²) in [5.41, 5.74) is 0.374. The molecule has 2 rings (SSSR count). The number of aliphatic hydroxyl groups is 1. The van der Waals surface area contributed by atoms with Crippen molar-refractivity contribution < 1.29 is 9.90 Å². The lowest BCUT2D eigenvalue weighted by molar-refractivity contribution is 0.0759. The maximum absolute atomic E-state index is 11.6. The minimum Gasteiger partial charge on any atom is -0.391 e. The molecule has 0 aliphatic carbocycles. The maximum Gasteiger partial charge on any atom is 0.275 e. The van der Waals surface area contributed by atoms with Crippen LogP contribution in [0.5, 0.6) is 0 Å². The van der Waals surface area contributed by atoms with E-state index in [0.29, 0.717) is 25.2 Å². The van der Waals surface area contributed by atoms with E-state index in [1.165, 1.54) is 0 Å². The standard InChI is InChI=1S/C7H9N3O2S/c11-5-1-2-10(3-5)7(12)6-4-13-9-8-6/h4-5,11H,1-3H2/t5-/m1/s1. The van der Waals surface area contributed by atoms with Gasteiger partial charge in [-0.15, -0.1) is 5.10 Å². The first-order valence-corrected chi connectivity index (χ1v) is 4.85. The van der Waals surface area contributed by atoms with Gasteiger partial charge >= 0.3 is 0 Å².